The molecule has 3 aromatic heterocycles. The lowest BCUT2D eigenvalue weighted by Gasteiger charge is -2.18. The Kier molecular flexibility index (Phi) is 5.13. The second-order valence-electron chi connectivity index (χ2n) is 8.35. The molecule has 0 saturated heterocycles. The molecule has 170 valence electrons. The van der Waals surface area contributed by atoms with Gasteiger partial charge in [-0.05, 0) is 55.8 Å². The molecule has 0 aliphatic carbocycles. The van der Waals surface area contributed by atoms with Crippen molar-refractivity contribution in [2.45, 2.75) is 19.9 Å². The maximum atomic E-state index is 13.1. The third-order valence-electron chi connectivity index (χ3n) is 5.76. The van der Waals surface area contributed by atoms with E-state index in [1.54, 1.807) is 16.8 Å². The number of carboxylic acids is 1. The minimum absolute atomic E-state index is 0.0678. The molecule has 2 N–H and O–H groups in total. The number of aromatic carboxylic acids is 1. The van der Waals surface area contributed by atoms with Crippen LogP contribution in [0.25, 0.3) is 33.2 Å². The van der Waals surface area contributed by atoms with E-state index in [0.717, 1.165) is 27.6 Å². The predicted octanol–water partition coefficient (Wildman–Crippen LogP) is 4.92. The number of pyridine rings is 1. The van der Waals surface area contributed by atoms with Crippen LogP contribution in [-0.2, 0) is 7.05 Å². The Labute approximate surface area is 194 Å². The van der Waals surface area contributed by atoms with Crippen LogP contribution in [0.4, 0.5) is 5.82 Å². The van der Waals surface area contributed by atoms with Crippen molar-refractivity contribution in [2.75, 3.05) is 5.32 Å². The number of anilines is 1. The topological polar surface area (TPSA) is 110 Å². The standard InChI is InChI=1S/C26H22N4O4/c1-14-9-19(15(2)28-25-18(26(32)33)5-4-8-27-25)24-20(10-14)22(31)12-23(34-24)16-6-7-21-17(11-16)13-30(3)29-21/h4-13,15H,1-3H3,(H,27,28)(H,32,33). The molecule has 0 aliphatic rings. The number of nitrogens with one attached hydrogen (secondary N) is 1. The molecule has 5 aromatic rings. The highest BCUT2D eigenvalue weighted by atomic mass is 16.4. The Morgan fingerprint density at radius 1 is 1.18 bits per heavy atom. The molecule has 0 bridgehead atoms. The number of nitrogens with zero attached hydrogens (tertiary/aromatic N) is 3. The summed E-state index contributed by atoms with van der Waals surface area (Å²) in [6, 6.07) is 13.6. The fourth-order valence-electron chi connectivity index (χ4n) is 4.18. The summed E-state index contributed by atoms with van der Waals surface area (Å²) in [7, 11) is 1.86. The van der Waals surface area contributed by atoms with E-state index in [9.17, 15) is 14.7 Å². The van der Waals surface area contributed by atoms with Crippen molar-refractivity contribution in [1.82, 2.24) is 14.8 Å². The van der Waals surface area contributed by atoms with Crippen LogP contribution >= 0.6 is 0 Å². The van der Waals surface area contributed by atoms with Gasteiger partial charge in [0.15, 0.2) is 5.43 Å². The second kappa shape index (κ2) is 8.15. The first-order chi connectivity index (χ1) is 16.3. The SMILES string of the molecule is Cc1cc(C(C)Nc2ncccc2C(=O)O)c2oc(-c3ccc4nn(C)cc4c3)cc(=O)c2c1. The van der Waals surface area contributed by atoms with Gasteiger partial charge in [0.05, 0.1) is 16.9 Å². The van der Waals surface area contributed by atoms with Gasteiger partial charge in [-0.1, -0.05) is 6.07 Å². The number of benzene rings is 2. The first kappa shape index (κ1) is 21.4. The molecule has 5 rings (SSSR count). The second-order valence-corrected chi connectivity index (χ2v) is 8.35. The zero-order valence-corrected chi connectivity index (χ0v) is 18.9. The van der Waals surface area contributed by atoms with E-state index in [1.807, 2.05) is 51.4 Å². The van der Waals surface area contributed by atoms with Gasteiger partial charge in [0, 0.05) is 42.0 Å². The minimum Gasteiger partial charge on any atom is -0.478 e. The van der Waals surface area contributed by atoms with Crippen molar-refractivity contribution >= 4 is 33.7 Å². The lowest BCUT2D eigenvalue weighted by Crippen LogP contribution is -2.13. The summed E-state index contributed by atoms with van der Waals surface area (Å²) < 4.78 is 8.04. The van der Waals surface area contributed by atoms with Crippen LogP contribution in [0.15, 0.2) is 70.1 Å². The summed E-state index contributed by atoms with van der Waals surface area (Å²) in [5.74, 6) is -0.376. The molecule has 0 saturated carbocycles. The fourth-order valence-corrected chi connectivity index (χ4v) is 4.18. The van der Waals surface area contributed by atoms with Crippen LogP contribution in [0.5, 0.6) is 0 Å². The van der Waals surface area contributed by atoms with Gasteiger partial charge in [-0.3, -0.25) is 9.48 Å². The van der Waals surface area contributed by atoms with Gasteiger partial charge in [-0.15, -0.1) is 0 Å². The molecule has 1 atom stereocenters. The lowest BCUT2D eigenvalue weighted by atomic mass is 10.0. The van der Waals surface area contributed by atoms with Crippen molar-refractivity contribution in [3.63, 3.8) is 0 Å². The predicted molar refractivity (Wildman–Crippen MR) is 130 cm³/mol. The van der Waals surface area contributed by atoms with E-state index in [0.29, 0.717) is 16.7 Å². The Hall–Kier alpha value is -4.46. The number of carbonyl (C=O) groups is 1. The molecule has 0 spiro atoms. The number of hydrogen-bond acceptors (Lipinski definition) is 6. The summed E-state index contributed by atoms with van der Waals surface area (Å²) in [5, 5.41) is 18.5. The van der Waals surface area contributed by atoms with E-state index in [2.05, 4.69) is 15.4 Å². The molecule has 8 nitrogen and oxygen atoms in total. The molecule has 0 fully saturated rings. The molecule has 2 aromatic carbocycles. The Balaban J connectivity index is 1.64. The normalized spacial score (nSPS) is 12.2. The highest BCUT2D eigenvalue weighted by Crippen LogP contribution is 2.31. The Bertz CT molecular complexity index is 1630. The van der Waals surface area contributed by atoms with Gasteiger partial charge in [-0.2, -0.15) is 5.10 Å². The molecule has 0 aliphatic heterocycles. The first-order valence-corrected chi connectivity index (χ1v) is 10.8. The van der Waals surface area contributed by atoms with E-state index in [4.69, 9.17) is 4.42 Å². The first-order valence-electron chi connectivity index (χ1n) is 10.8. The number of aryl methyl sites for hydroxylation is 2. The fraction of sp³-hybridized carbons (Fsp3) is 0.154. The number of hydrogen-bond donors (Lipinski definition) is 2. The van der Waals surface area contributed by atoms with E-state index >= 15 is 0 Å². The summed E-state index contributed by atoms with van der Waals surface area (Å²) in [5.41, 5.74) is 3.62. The van der Waals surface area contributed by atoms with Crippen LogP contribution in [-0.4, -0.2) is 25.8 Å². The Morgan fingerprint density at radius 2 is 2.00 bits per heavy atom. The molecular weight excluding hydrogens is 432 g/mol. The van der Waals surface area contributed by atoms with Crippen LogP contribution in [0.3, 0.4) is 0 Å². The number of fused-ring (bicyclic) bond motifs is 2. The van der Waals surface area contributed by atoms with Crippen molar-refractivity contribution < 1.29 is 14.3 Å². The summed E-state index contributed by atoms with van der Waals surface area (Å²) in [4.78, 5) is 28.9. The smallest absolute Gasteiger partial charge is 0.339 e. The molecule has 3 heterocycles. The molecule has 8 heteroatoms. The molecule has 0 radical (unpaired) electrons. The van der Waals surface area contributed by atoms with Crippen molar-refractivity contribution in [3.05, 3.63) is 87.8 Å². The van der Waals surface area contributed by atoms with Gasteiger partial charge >= 0.3 is 5.97 Å². The summed E-state index contributed by atoms with van der Waals surface area (Å²) in [6.45, 7) is 3.78. The van der Waals surface area contributed by atoms with Gasteiger partial charge in [0.25, 0.3) is 0 Å². The van der Waals surface area contributed by atoms with Crippen LogP contribution < -0.4 is 10.7 Å². The van der Waals surface area contributed by atoms with Crippen LogP contribution in [0, 0.1) is 6.92 Å². The lowest BCUT2D eigenvalue weighted by molar-refractivity contribution is 0.0697. The number of rotatable bonds is 5. The largest absolute Gasteiger partial charge is 0.478 e. The third kappa shape index (κ3) is 3.79. The molecule has 34 heavy (non-hydrogen) atoms. The van der Waals surface area contributed by atoms with Gasteiger partial charge in [-0.25, -0.2) is 9.78 Å². The highest BCUT2D eigenvalue weighted by Gasteiger charge is 2.19. The Morgan fingerprint density at radius 3 is 2.79 bits per heavy atom. The average molecular weight is 454 g/mol. The quantitative estimate of drug-likeness (QED) is 0.388. The zero-order chi connectivity index (χ0) is 24.0. The molecule has 1 unspecified atom stereocenters. The van der Waals surface area contributed by atoms with Gasteiger partial charge < -0.3 is 14.8 Å². The highest BCUT2D eigenvalue weighted by molar-refractivity contribution is 5.93. The zero-order valence-electron chi connectivity index (χ0n) is 18.9. The molecule has 0 amide bonds. The average Bonchev–Trinajstić information content (AvgIpc) is 3.18. The van der Waals surface area contributed by atoms with Gasteiger partial charge in [0.1, 0.15) is 22.7 Å². The van der Waals surface area contributed by atoms with Crippen LogP contribution in [0.1, 0.15) is 34.5 Å². The van der Waals surface area contributed by atoms with Crippen molar-refractivity contribution in [3.8, 4) is 11.3 Å². The van der Waals surface area contributed by atoms with E-state index in [1.165, 1.54) is 18.3 Å². The van der Waals surface area contributed by atoms with Crippen molar-refractivity contribution in [1.29, 1.82) is 0 Å². The third-order valence-corrected chi connectivity index (χ3v) is 5.76. The van der Waals surface area contributed by atoms with E-state index < -0.39 is 5.97 Å². The van der Waals surface area contributed by atoms with Gasteiger partial charge in [0.2, 0.25) is 0 Å². The monoisotopic (exact) mass is 454 g/mol. The maximum Gasteiger partial charge on any atom is 0.339 e. The van der Waals surface area contributed by atoms with Crippen LogP contribution in [0.2, 0.25) is 0 Å². The van der Waals surface area contributed by atoms with E-state index in [-0.39, 0.29) is 22.9 Å². The molecular formula is C26H22N4O4. The maximum absolute atomic E-state index is 13.1. The number of carboxylic acid groups (broad SMARTS) is 1. The number of aromatic nitrogens is 3. The minimum atomic E-state index is -1.07. The summed E-state index contributed by atoms with van der Waals surface area (Å²) in [6.07, 6.45) is 3.44. The van der Waals surface area contributed by atoms with Crippen molar-refractivity contribution in [2.24, 2.45) is 7.05 Å². The summed E-state index contributed by atoms with van der Waals surface area (Å²) >= 11 is 0.